The summed E-state index contributed by atoms with van der Waals surface area (Å²) in [6.45, 7) is 1.90. The molecule has 7 heteroatoms. The number of nitrogens with one attached hydrogen (secondary N) is 1. The Bertz CT molecular complexity index is 718. The van der Waals surface area contributed by atoms with Gasteiger partial charge in [0.15, 0.2) is 11.9 Å². The van der Waals surface area contributed by atoms with Gasteiger partial charge in [-0.15, -0.1) is 0 Å². The minimum Gasteiger partial charge on any atom is -0.496 e. The topological polar surface area (TPSA) is 90.7 Å². The Morgan fingerprint density at radius 2 is 1.96 bits per heavy atom. The molecule has 0 spiro atoms. The van der Waals surface area contributed by atoms with E-state index in [0.29, 0.717) is 12.3 Å². The van der Waals surface area contributed by atoms with Gasteiger partial charge in [0, 0.05) is 6.54 Å². The third kappa shape index (κ3) is 4.45. The lowest BCUT2D eigenvalue weighted by Crippen LogP contribution is -2.36. The molecule has 0 saturated heterocycles. The number of nitro benzene ring substituents is 1. The molecule has 0 saturated carbocycles. The maximum absolute atomic E-state index is 12.1. The first kappa shape index (κ1) is 17.3. The van der Waals surface area contributed by atoms with Crippen LogP contribution in [0.5, 0.6) is 11.5 Å². The van der Waals surface area contributed by atoms with Gasteiger partial charge in [-0.3, -0.25) is 14.9 Å². The highest BCUT2D eigenvalue weighted by Gasteiger charge is 2.21. The SMILES string of the molecule is COc1ccc(O[C@@H](C)C(=O)NCc2ccccc2)c([N+](=O)[O-])c1. The molecule has 0 fully saturated rings. The molecule has 1 amide bonds. The molecule has 2 rings (SSSR count). The predicted octanol–water partition coefficient (Wildman–Crippen LogP) is 2.69. The van der Waals surface area contributed by atoms with Crippen molar-refractivity contribution >= 4 is 11.6 Å². The number of nitrogens with zero attached hydrogens (tertiary/aromatic N) is 1. The summed E-state index contributed by atoms with van der Waals surface area (Å²) in [6, 6.07) is 13.6. The number of hydrogen-bond acceptors (Lipinski definition) is 5. The van der Waals surface area contributed by atoms with E-state index in [1.54, 1.807) is 0 Å². The molecule has 2 aromatic rings. The van der Waals surface area contributed by atoms with Crippen LogP contribution in [0.4, 0.5) is 5.69 Å². The van der Waals surface area contributed by atoms with Crippen LogP contribution in [0.25, 0.3) is 0 Å². The van der Waals surface area contributed by atoms with Gasteiger partial charge in [0.1, 0.15) is 5.75 Å². The highest BCUT2D eigenvalue weighted by atomic mass is 16.6. The van der Waals surface area contributed by atoms with Crippen LogP contribution in [0, 0.1) is 10.1 Å². The van der Waals surface area contributed by atoms with E-state index in [4.69, 9.17) is 9.47 Å². The highest BCUT2D eigenvalue weighted by Crippen LogP contribution is 2.31. The summed E-state index contributed by atoms with van der Waals surface area (Å²) < 4.78 is 10.4. The van der Waals surface area contributed by atoms with E-state index in [1.165, 1.54) is 32.2 Å². The van der Waals surface area contributed by atoms with Crippen LogP contribution in [-0.4, -0.2) is 24.0 Å². The monoisotopic (exact) mass is 330 g/mol. The number of carbonyl (C=O) groups is 1. The molecule has 2 aromatic carbocycles. The van der Waals surface area contributed by atoms with Gasteiger partial charge in [-0.1, -0.05) is 30.3 Å². The van der Waals surface area contributed by atoms with Crippen molar-refractivity contribution in [2.45, 2.75) is 19.6 Å². The zero-order valence-electron chi connectivity index (χ0n) is 13.4. The van der Waals surface area contributed by atoms with E-state index in [9.17, 15) is 14.9 Å². The van der Waals surface area contributed by atoms with Crippen LogP contribution in [0.2, 0.25) is 0 Å². The number of benzene rings is 2. The van der Waals surface area contributed by atoms with Crippen LogP contribution in [0.3, 0.4) is 0 Å². The second-order valence-corrected chi connectivity index (χ2v) is 5.05. The number of amides is 1. The molecule has 24 heavy (non-hydrogen) atoms. The molecule has 126 valence electrons. The third-order valence-electron chi connectivity index (χ3n) is 3.35. The first-order valence-corrected chi connectivity index (χ1v) is 7.32. The van der Waals surface area contributed by atoms with Crippen LogP contribution >= 0.6 is 0 Å². The summed E-state index contributed by atoms with van der Waals surface area (Å²) in [5.74, 6) is 0.00219. The van der Waals surface area contributed by atoms with E-state index in [2.05, 4.69) is 5.32 Å². The molecule has 0 aliphatic heterocycles. The number of carbonyl (C=O) groups excluding carboxylic acids is 1. The first-order chi connectivity index (χ1) is 11.5. The van der Waals surface area contributed by atoms with Crippen molar-refractivity contribution in [1.29, 1.82) is 0 Å². The molecule has 0 radical (unpaired) electrons. The Hall–Kier alpha value is -3.09. The third-order valence-corrected chi connectivity index (χ3v) is 3.35. The Morgan fingerprint density at radius 1 is 1.25 bits per heavy atom. The predicted molar refractivity (Wildman–Crippen MR) is 88.0 cm³/mol. The zero-order valence-corrected chi connectivity index (χ0v) is 13.4. The fourth-order valence-corrected chi connectivity index (χ4v) is 2.04. The van der Waals surface area contributed by atoms with Crippen molar-refractivity contribution in [3.05, 3.63) is 64.2 Å². The number of nitro groups is 1. The van der Waals surface area contributed by atoms with Crippen molar-refractivity contribution in [2.24, 2.45) is 0 Å². The maximum Gasteiger partial charge on any atom is 0.314 e. The van der Waals surface area contributed by atoms with Crippen LogP contribution in [0.1, 0.15) is 12.5 Å². The fourth-order valence-electron chi connectivity index (χ4n) is 2.04. The van der Waals surface area contributed by atoms with Gasteiger partial charge in [-0.05, 0) is 24.6 Å². The molecule has 0 heterocycles. The fraction of sp³-hybridized carbons (Fsp3) is 0.235. The van der Waals surface area contributed by atoms with Gasteiger partial charge in [0.2, 0.25) is 0 Å². The molecular weight excluding hydrogens is 312 g/mol. The standard InChI is InChI=1S/C17H18N2O5/c1-12(17(20)18-11-13-6-4-3-5-7-13)24-16-9-8-14(23-2)10-15(16)19(21)22/h3-10,12H,11H2,1-2H3,(H,18,20)/t12-/m0/s1. The normalized spacial score (nSPS) is 11.4. The largest absolute Gasteiger partial charge is 0.496 e. The van der Waals surface area contributed by atoms with Crippen molar-refractivity contribution in [2.75, 3.05) is 7.11 Å². The van der Waals surface area contributed by atoms with Crippen LogP contribution in [-0.2, 0) is 11.3 Å². The van der Waals surface area contributed by atoms with Crippen LogP contribution in [0.15, 0.2) is 48.5 Å². The Kier molecular flexibility index (Phi) is 5.73. The zero-order chi connectivity index (χ0) is 17.5. The van der Waals surface area contributed by atoms with Gasteiger partial charge < -0.3 is 14.8 Å². The summed E-state index contributed by atoms with van der Waals surface area (Å²) in [5.41, 5.74) is 0.700. The lowest BCUT2D eigenvalue weighted by molar-refractivity contribution is -0.386. The summed E-state index contributed by atoms with van der Waals surface area (Å²) in [4.78, 5) is 22.6. The van der Waals surface area contributed by atoms with E-state index in [0.717, 1.165) is 5.56 Å². The minimum absolute atomic E-state index is 0.0168. The lowest BCUT2D eigenvalue weighted by atomic mass is 10.2. The van der Waals surface area contributed by atoms with Crippen molar-refractivity contribution < 1.29 is 19.2 Å². The van der Waals surface area contributed by atoms with E-state index in [-0.39, 0.29) is 17.3 Å². The second-order valence-electron chi connectivity index (χ2n) is 5.05. The summed E-state index contributed by atoms with van der Waals surface area (Å²) in [7, 11) is 1.42. The van der Waals surface area contributed by atoms with Crippen molar-refractivity contribution in [3.8, 4) is 11.5 Å². The molecule has 0 aromatic heterocycles. The maximum atomic E-state index is 12.1. The van der Waals surface area contributed by atoms with E-state index < -0.39 is 11.0 Å². The van der Waals surface area contributed by atoms with Gasteiger partial charge >= 0.3 is 5.69 Å². The van der Waals surface area contributed by atoms with E-state index >= 15 is 0 Å². The van der Waals surface area contributed by atoms with Crippen molar-refractivity contribution in [1.82, 2.24) is 5.32 Å². The summed E-state index contributed by atoms with van der Waals surface area (Å²) in [6.07, 6.45) is -0.874. The molecule has 0 aliphatic rings. The molecule has 7 nitrogen and oxygen atoms in total. The first-order valence-electron chi connectivity index (χ1n) is 7.32. The average molecular weight is 330 g/mol. The molecule has 1 N–H and O–H groups in total. The minimum atomic E-state index is -0.874. The Balaban J connectivity index is 2.02. The smallest absolute Gasteiger partial charge is 0.314 e. The van der Waals surface area contributed by atoms with Gasteiger partial charge in [-0.25, -0.2) is 0 Å². The van der Waals surface area contributed by atoms with Gasteiger partial charge in [0.25, 0.3) is 5.91 Å². The number of methoxy groups -OCH3 is 1. The Morgan fingerprint density at radius 3 is 2.58 bits per heavy atom. The van der Waals surface area contributed by atoms with Crippen molar-refractivity contribution in [3.63, 3.8) is 0 Å². The molecule has 1 atom stereocenters. The number of rotatable bonds is 7. The van der Waals surface area contributed by atoms with E-state index in [1.807, 2.05) is 30.3 Å². The number of hydrogen-bond donors (Lipinski definition) is 1. The van der Waals surface area contributed by atoms with Gasteiger partial charge in [-0.2, -0.15) is 0 Å². The lowest BCUT2D eigenvalue weighted by Gasteiger charge is -2.15. The van der Waals surface area contributed by atoms with Crippen LogP contribution < -0.4 is 14.8 Å². The molecule has 0 bridgehead atoms. The Labute approximate surface area is 139 Å². The quantitative estimate of drug-likeness (QED) is 0.622. The average Bonchev–Trinajstić information content (AvgIpc) is 2.60. The second kappa shape index (κ2) is 7.96. The molecular formula is C17H18N2O5. The van der Waals surface area contributed by atoms with Gasteiger partial charge in [0.05, 0.1) is 18.1 Å². The summed E-state index contributed by atoms with van der Waals surface area (Å²) >= 11 is 0. The molecule has 0 unspecified atom stereocenters. The molecule has 0 aliphatic carbocycles. The highest BCUT2D eigenvalue weighted by molar-refractivity contribution is 5.80. The number of ether oxygens (including phenoxy) is 2. The summed E-state index contributed by atoms with van der Waals surface area (Å²) in [5, 5.41) is 13.9.